The molecule has 3 amide bonds. The monoisotopic (exact) mass is 421 g/mol. The van der Waals surface area contributed by atoms with Gasteiger partial charge in [0.1, 0.15) is 13.1 Å². The fraction of sp³-hybridized carbons (Fsp3) is 0.250. The number of carbonyl (C=O) groups is 3. The van der Waals surface area contributed by atoms with Gasteiger partial charge in [-0.3, -0.25) is 9.59 Å². The van der Waals surface area contributed by atoms with Gasteiger partial charge in [0.15, 0.2) is 0 Å². The summed E-state index contributed by atoms with van der Waals surface area (Å²) in [4.78, 5) is 34.5. The molecule has 0 unspecified atom stereocenters. The fourth-order valence-corrected chi connectivity index (χ4v) is 3.17. The molecule has 1 rings (SSSR count). The van der Waals surface area contributed by atoms with Crippen molar-refractivity contribution in [3.05, 3.63) is 26.6 Å². The van der Waals surface area contributed by atoms with Crippen LogP contribution in [0.2, 0.25) is 0 Å². The predicted molar refractivity (Wildman–Crippen MR) is 84.0 cm³/mol. The number of nitrogens with two attached hydrogens (primary N) is 1. The average molecular weight is 423 g/mol. The molecule has 0 spiro atoms. The highest BCUT2D eigenvalue weighted by Crippen LogP contribution is 2.32. The maximum Gasteiger partial charge on any atom is 0.323 e. The van der Waals surface area contributed by atoms with Crippen LogP contribution in [0, 0.1) is 6.92 Å². The number of carboxylic acid groups (broad SMARTS) is 1. The molecule has 1 aromatic rings. The van der Waals surface area contributed by atoms with Crippen LogP contribution in [-0.4, -0.2) is 41.0 Å². The van der Waals surface area contributed by atoms with Crippen LogP contribution in [0.5, 0.6) is 0 Å². The molecule has 114 valence electrons. The largest absolute Gasteiger partial charge is 0.480 e. The molecule has 0 atom stereocenters. The lowest BCUT2D eigenvalue weighted by Gasteiger charge is -2.20. The summed E-state index contributed by atoms with van der Waals surface area (Å²) in [6, 6.07) is 2.84. The number of nitrogens with zero attached hydrogens (tertiary/aromatic N) is 1. The number of primary amides is 1. The van der Waals surface area contributed by atoms with Gasteiger partial charge in [-0.1, -0.05) is 0 Å². The minimum Gasteiger partial charge on any atom is -0.480 e. The van der Waals surface area contributed by atoms with Crippen LogP contribution in [-0.2, 0) is 9.59 Å². The van der Waals surface area contributed by atoms with Crippen LogP contribution in [0.25, 0.3) is 0 Å². The highest BCUT2D eigenvalue weighted by Gasteiger charge is 2.20. The van der Waals surface area contributed by atoms with Crippen molar-refractivity contribution in [3.63, 3.8) is 0 Å². The number of rotatable bonds is 5. The van der Waals surface area contributed by atoms with E-state index in [-0.39, 0.29) is 0 Å². The van der Waals surface area contributed by atoms with E-state index >= 15 is 0 Å². The second kappa shape index (κ2) is 7.41. The number of urea groups is 1. The Hall–Kier alpha value is -1.61. The van der Waals surface area contributed by atoms with Crippen LogP contribution in [0.3, 0.4) is 0 Å². The summed E-state index contributed by atoms with van der Waals surface area (Å²) in [6.45, 7) is 0.764. The maximum atomic E-state index is 12.1. The van der Waals surface area contributed by atoms with Crippen LogP contribution >= 0.6 is 31.9 Å². The molecule has 9 heteroatoms. The van der Waals surface area contributed by atoms with Crippen molar-refractivity contribution < 1.29 is 19.5 Å². The zero-order valence-electron chi connectivity index (χ0n) is 11.0. The lowest BCUT2D eigenvalue weighted by molar-refractivity contribution is -0.137. The van der Waals surface area contributed by atoms with Crippen molar-refractivity contribution in [2.24, 2.45) is 5.73 Å². The molecule has 0 aliphatic carbocycles. The van der Waals surface area contributed by atoms with E-state index in [1.54, 1.807) is 12.1 Å². The molecule has 1 aromatic carbocycles. The van der Waals surface area contributed by atoms with Crippen molar-refractivity contribution in [3.8, 4) is 0 Å². The minimum absolute atomic E-state index is 0.436. The summed E-state index contributed by atoms with van der Waals surface area (Å²) < 4.78 is 1.24. The molecule has 0 radical (unpaired) electrons. The van der Waals surface area contributed by atoms with Crippen LogP contribution < -0.4 is 11.1 Å². The third-order valence-electron chi connectivity index (χ3n) is 2.38. The molecule has 0 saturated carbocycles. The van der Waals surface area contributed by atoms with Gasteiger partial charge < -0.3 is 21.1 Å². The SMILES string of the molecule is Cc1cc(Br)c(NC(=O)N(CC(N)=O)CC(=O)O)c(Br)c1. The normalized spacial score (nSPS) is 10.0. The van der Waals surface area contributed by atoms with E-state index in [9.17, 15) is 14.4 Å². The number of aryl methyl sites for hydroxylation is 1. The predicted octanol–water partition coefficient (Wildman–Crippen LogP) is 1.92. The first-order valence-electron chi connectivity index (χ1n) is 5.72. The maximum absolute atomic E-state index is 12.1. The highest BCUT2D eigenvalue weighted by atomic mass is 79.9. The van der Waals surface area contributed by atoms with Crippen molar-refractivity contribution in [2.45, 2.75) is 6.92 Å². The number of carbonyl (C=O) groups excluding carboxylic acids is 2. The van der Waals surface area contributed by atoms with E-state index in [4.69, 9.17) is 10.8 Å². The quantitative estimate of drug-likeness (QED) is 0.672. The number of halogens is 2. The fourth-order valence-electron chi connectivity index (χ4n) is 1.56. The number of benzene rings is 1. The van der Waals surface area contributed by atoms with Gasteiger partial charge in [0.2, 0.25) is 5.91 Å². The summed E-state index contributed by atoms with van der Waals surface area (Å²) in [7, 11) is 0. The molecule has 4 N–H and O–H groups in total. The summed E-state index contributed by atoms with van der Waals surface area (Å²) in [5.74, 6) is -2.04. The number of carboxylic acids is 1. The Kier molecular flexibility index (Phi) is 6.16. The number of hydrogen-bond acceptors (Lipinski definition) is 3. The van der Waals surface area contributed by atoms with Crippen molar-refractivity contribution in [1.82, 2.24) is 4.90 Å². The van der Waals surface area contributed by atoms with E-state index in [2.05, 4.69) is 37.2 Å². The average Bonchev–Trinajstić information content (AvgIpc) is 2.31. The smallest absolute Gasteiger partial charge is 0.323 e. The number of aliphatic carboxylic acids is 1. The highest BCUT2D eigenvalue weighted by molar-refractivity contribution is 9.11. The summed E-state index contributed by atoms with van der Waals surface area (Å²) >= 11 is 6.61. The Morgan fingerprint density at radius 2 is 1.76 bits per heavy atom. The van der Waals surface area contributed by atoms with Gasteiger partial charge in [-0.25, -0.2) is 4.79 Å². The van der Waals surface area contributed by atoms with Gasteiger partial charge in [0.25, 0.3) is 0 Å². The second-order valence-electron chi connectivity index (χ2n) is 4.25. The number of hydrogen-bond donors (Lipinski definition) is 3. The molecule has 0 saturated heterocycles. The molecular weight excluding hydrogens is 410 g/mol. The molecule has 0 fully saturated rings. The third kappa shape index (κ3) is 5.35. The first-order chi connectivity index (χ1) is 9.70. The number of amides is 3. The molecular formula is C12H13Br2N3O4. The summed E-state index contributed by atoms with van der Waals surface area (Å²) in [6.07, 6.45) is 0. The Balaban J connectivity index is 2.96. The first kappa shape index (κ1) is 17.4. The van der Waals surface area contributed by atoms with E-state index < -0.39 is 31.0 Å². The Labute approximate surface area is 137 Å². The van der Waals surface area contributed by atoms with E-state index in [0.717, 1.165) is 10.5 Å². The molecule has 21 heavy (non-hydrogen) atoms. The van der Waals surface area contributed by atoms with Crippen LogP contribution in [0.15, 0.2) is 21.1 Å². The van der Waals surface area contributed by atoms with Gasteiger partial charge in [-0.2, -0.15) is 0 Å². The Bertz CT molecular complexity index is 553. The lowest BCUT2D eigenvalue weighted by Crippen LogP contribution is -2.43. The van der Waals surface area contributed by atoms with E-state index in [0.29, 0.717) is 14.6 Å². The summed E-state index contributed by atoms with van der Waals surface area (Å²) in [5.41, 5.74) is 6.41. The van der Waals surface area contributed by atoms with Crippen LogP contribution in [0.1, 0.15) is 5.56 Å². The second-order valence-corrected chi connectivity index (χ2v) is 5.96. The van der Waals surface area contributed by atoms with E-state index in [1.807, 2.05) is 6.92 Å². The first-order valence-corrected chi connectivity index (χ1v) is 7.31. The Morgan fingerprint density at radius 3 is 2.19 bits per heavy atom. The molecule has 0 aliphatic rings. The molecule has 0 aliphatic heterocycles. The van der Waals surface area contributed by atoms with E-state index in [1.165, 1.54) is 0 Å². The van der Waals surface area contributed by atoms with Gasteiger partial charge in [-0.05, 0) is 56.5 Å². The zero-order chi connectivity index (χ0) is 16.2. The van der Waals surface area contributed by atoms with Gasteiger partial charge in [0.05, 0.1) is 5.69 Å². The van der Waals surface area contributed by atoms with Crippen molar-refractivity contribution in [2.75, 3.05) is 18.4 Å². The standard InChI is InChI=1S/C12H13Br2N3O4/c1-6-2-7(13)11(8(14)3-6)16-12(21)17(4-9(15)18)5-10(19)20/h2-3H,4-5H2,1H3,(H2,15,18)(H,16,21)(H,19,20). The number of nitrogens with one attached hydrogen (secondary N) is 1. The third-order valence-corrected chi connectivity index (χ3v) is 3.63. The molecule has 0 aromatic heterocycles. The van der Waals surface area contributed by atoms with Gasteiger partial charge in [0, 0.05) is 8.95 Å². The number of anilines is 1. The topological polar surface area (TPSA) is 113 Å². The molecule has 0 heterocycles. The van der Waals surface area contributed by atoms with Crippen molar-refractivity contribution in [1.29, 1.82) is 0 Å². The molecule has 7 nitrogen and oxygen atoms in total. The Morgan fingerprint density at radius 1 is 1.24 bits per heavy atom. The zero-order valence-corrected chi connectivity index (χ0v) is 14.2. The van der Waals surface area contributed by atoms with Gasteiger partial charge in [-0.15, -0.1) is 0 Å². The minimum atomic E-state index is -1.24. The van der Waals surface area contributed by atoms with Crippen molar-refractivity contribution >= 4 is 55.5 Å². The lowest BCUT2D eigenvalue weighted by atomic mass is 10.2. The summed E-state index contributed by atoms with van der Waals surface area (Å²) in [5, 5.41) is 11.3. The van der Waals surface area contributed by atoms with Crippen LogP contribution in [0.4, 0.5) is 10.5 Å². The van der Waals surface area contributed by atoms with Gasteiger partial charge >= 0.3 is 12.0 Å². The molecule has 0 bridgehead atoms.